The Morgan fingerprint density at radius 1 is 1.00 bits per heavy atom. The molecule has 2 aromatic carbocycles. The Morgan fingerprint density at radius 2 is 1.70 bits per heavy atom. The summed E-state index contributed by atoms with van der Waals surface area (Å²) < 4.78 is 0. The normalized spacial score (nSPS) is 14.1. The summed E-state index contributed by atoms with van der Waals surface area (Å²) in [7, 11) is 0. The van der Waals surface area contributed by atoms with E-state index in [4.69, 9.17) is 0 Å². The van der Waals surface area contributed by atoms with Gasteiger partial charge in [0.15, 0.2) is 0 Å². The van der Waals surface area contributed by atoms with Crippen molar-refractivity contribution in [3.8, 4) is 0 Å². The van der Waals surface area contributed by atoms with Gasteiger partial charge in [-0.3, -0.25) is 4.79 Å². The van der Waals surface area contributed by atoms with Crippen molar-refractivity contribution in [3.63, 3.8) is 0 Å². The lowest BCUT2D eigenvalue weighted by Gasteiger charge is -2.17. The highest BCUT2D eigenvalue weighted by Gasteiger charge is 2.12. The molecule has 3 heteroatoms. The minimum atomic E-state index is -0.0169. The van der Waals surface area contributed by atoms with Crippen LogP contribution in [-0.4, -0.2) is 19.0 Å². The highest BCUT2D eigenvalue weighted by Crippen LogP contribution is 2.20. The number of nitrogens with one attached hydrogen (secondary N) is 1. The van der Waals surface area contributed by atoms with Crippen molar-refractivity contribution in [1.29, 1.82) is 0 Å². The van der Waals surface area contributed by atoms with E-state index in [2.05, 4.69) is 41.4 Å². The zero-order chi connectivity index (χ0) is 16.2. The van der Waals surface area contributed by atoms with Crippen molar-refractivity contribution in [2.75, 3.05) is 18.0 Å². The molecule has 1 fully saturated rings. The fraction of sp³-hybridized carbons (Fsp3) is 0.350. The Hall–Kier alpha value is -2.29. The molecule has 3 nitrogen and oxygen atoms in total. The van der Waals surface area contributed by atoms with Crippen LogP contribution in [0.2, 0.25) is 0 Å². The first-order valence-corrected chi connectivity index (χ1v) is 8.33. The number of hydrogen-bond acceptors (Lipinski definition) is 2. The van der Waals surface area contributed by atoms with Gasteiger partial charge in [-0.15, -0.1) is 0 Å². The summed E-state index contributed by atoms with van der Waals surface area (Å²) in [6.07, 6.45) is 2.57. The molecule has 1 aliphatic heterocycles. The Morgan fingerprint density at radius 3 is 2.35 bits per heavy atom. The second kappa shape index (κ2) is 6.86. The van der Waals surface area contributed by atoms with Crippen molar-refractivity contribution in [1.82, 2.24) is 5.32 Å². The van der Waals surface area contributed by atoms with E-state index in [0.29, 0.717) is 6.54 Å². The molecule has 0 bridgehead atoms. The molecule has 1 saturated heterocycles. The SMILES string of the molecule is Cc1ccc(C(=O)NCc2ccc(N3CCCC3)cc2)cc1C. The van der Waals surface area contributed by atoms with Crippen LogP contribution in [0.15, 0.2) is 42.5 Å². The summed E-state index contributed by atoms with van der Waals surface area (Å²) in [4.78, 5) is 14.7. The standard InChI is InChI=1S/C20H24N2O/c1-15-5-8-18(13-16(15)2)20(23)21-14-17-6-9-19(10-7-17)22-11-3-4-12-22/h5-10,13H,3-4,11-12,14H2,1-2H3,(H,21,23). The van der Waals surface area contributed by atoms with Crippen LogP contribution in [0, 0.1) is 13.8 Å². The Labute approximate surface area is 138 Å². The van der Waals surface area contributed by atoms with E-state index >= 15 is 0 Å². The quantitative estimate of drug-likeness (QED) is 0.931. The minimum Gasteiger partial charge on any atom is -0.372 e. The predicted molar refractivity (Wildman–Crippen MR) is 95.0 cm³/mol. The highest BCUT2D eigenvalue weighted by molar-refractivity contribution is 5.94. The van der Waals surface area contributed by atoms with Crippen LogP contribution in [0.25, 0.3) is 0 Å². The number of hydrogen-bond donors (Lipinski definition) is 1. The second-order valence-electron chi connectivity index (χ2n) is 6.34. The zero-order valence-corrected chi connectivity index (χ0v) is 13.9. The third-order valence-corrected chi connectivity index (χ3v) is 4.63. The van der Waals surface area contributed by atoms with Crippen LogP contribution in [-0.2, 0) is 6.54 Å². The Kier molecular flexibility index (Phi) is 4.65. The van der Waals surface area contributed by atoms with Crippen LogP contribution < -0.4 is 10.2 Å². The number of nitrogens with zero attached hydrogens (tertiary/aromatic N) is 1. The molecule has 120 valence electrons. The number of carbonyl (C=O) groups excluding carboxylic acids is 1. The maximum atomic E-state index is 12.2. The molecule has 0 atom stereocenters. The summed E-state index contributed by atoms with van der Waals surface area (Å²) in [5.41, 5.74) is 5.49. The third kappa shape index (κ3) is 3.73. The smallest absolute Gasteiger partial charge is 0.251 e. The van der Waals surface area contributed by atoms with E-state index in [1.807, 2.05) is 25.1 Å². The maximum absolute atomic E-state index is 12.2. The number of aryl methyl sites for hydroxylation is 2. The fourth-order valence-corrected chi connectivity index (χ4v) is 2.97. The molecule has 0 saturated carbocycles. The van der Waals surface area contributed by atoms with E-state index in [9.17, 15) is 4.79 Å². The van der Waals surface area contributed by atoms with E-state index in [0.717, 1.165) is 29.8 Å². The van der Waals surface area contributed by atoms with Crippen molar-refractivity contribution in [2.45, 2.75) is 33.2 Å². The van der Waals surface area contributed by atoms with Gasteiger partial charge in [-0.2, -0.15) is 0 Å². The van der Waals surface area contributed by atoms with Crippen molar-refractivity contribution in [3.05, 3.63) is 64.7 Å². The van der Waals surface area contributed by atoms with E-state index in [1.54, 1.807) is 0 Å². The molecule has 2 aromatic rings. The lowest BCUT2D eigenvalue weighted by molar-refractivity contribution is 0.0951. The van der Waals surface area contributed by atoms with Gasteiger partial charge in [-0.25, -0.2) is 0 Å². The fourth-order valence-electron chi connectivity index (χ4n) is 2.97. The number of carbonyl (C=O) groups is 1. The number of benzene rings is 2. The van der Waals surface area contributed by atoms with E-state index < -0.39 is 0 Å². The molecule has 0 spiro atoms. The van der Waals surface area contributed by atoms with Crippen molar-refractivity contribution < 1.29 is 4.79 Å². The molecular weight excluding hydrogens is 284 g/mol. The molecule has 1 aliphatic rings. The number of anilines is 1. The number of amides is 1. The molecular formula is C20H24N2O. The number of rotatable bonds is 4. The van der Waals surface area contributed by atoms with Gasteiger partial charge < -0.3 is 10.2 Å². The second-order valence-corrected chi connectivity index (χ2v) is 6.34. The molecule has 0 aromatic heterocycles. The van der Waals surface area contributed by atoms with Gasteiger partial charge in [0.1, 0.15) is 0 Å². The first-order chi connectivity index (χ1) is 11.1. The van der Waals surface area contributed by atoms with E-state index in [-0.39, 0.29) is 5.91 Å². The summed E-state index contributed by atoms with van der Waals surface area (Å²) >= 11 is 0. The predicted octanol–water partition coefficient (Wildman–Crippen LogP) is 3.83. The monoisotopic (exact) mass is 308 g/mol. The van der Waals surface area contributed by atoms with Crippen molar-refractivity contribution in [2.24, 2.45) is 0 Å². The molecule has 1 amide bonds. The third-order valence-electron chi connectivity index (χ3n) is 4.63. The lowest BCUT2D eigenvalue weighted by Crippen LogP contribution is -2.23. The molecule has 0 unspecified atom stereocenters. The minimum absolute atomic E-state index is 0.0169. The van der Waals surface area contributed by atoms with Crippen LogP contribution in [0.5, 0.6) is 0 Å². The maximum Gasteiger partial charge on any atom is 0.251 e. The molecule has 3 rings (SSSR count). The van der Waals surface area contributed by atoms with Crippen LogP contribution in [0.3, 0.4) is 0 Å². The molecule has 1 heterocycles. The van der Waals surface area contributed by atoms with Crippen LogP contribution in [0.1, 0.15) is 39.9 Å². The van der Waals surface area contributed by atoms with Crippen LogP contribution in [0.4, 0.5) is 5.69 Å². The Balaban J connectivity index is 1.59. The molecule has 23 heavy (non-hydrogen) atoms. The van der Waals surface area contributed by atoms with Gasteiger partial charge in [0, 0.05) is 30.9 Å². The average Bonchev–Trinajstić information content (AvgIpc) is 3.10. The summed E-state index contributed by atoms with van der Waals surface area (Å²) in [5, 5.41) is 3.00. The lowest BCUT2D eigenvalue weighted by atomic mass is 10.1. The van der Waals surface area contributed by atoms with Gasteiger partial charge in [0.05, 0.1) is 0 Å². The van der Waals surface area contributed by atoms with Gasteiger partial charge in [-0.1, -0.05) is 18.2 Å². The largest absolute Gasteiger partial charge is 0.372 e. The Bertz CT molecular complexity index is 685. The molecule has 1 N–H and O–H groups in total. The highest BCUT2D eigenvalue weighted by atomic mass is 16.1. The van der Waals surface area contributed by atoms with Gasteiger partial charge >= 0.3 is 0 Å². The van der Waals surface area contributed by atoms with Gasteiger partial charge in [0.25, 0.3) is 5.91 Å². The molecule has 0 aliphatic carbocycles. The zero-order valence-electron chi connectivity index (χ0n) is 13.9. The van der Waals surface area contributed by atoms with Gasteiger partial charge in [0.2, 0.25) is 0 Å². The summed E-state index contributed by atoms with van der Waals surface area (Å²) in [6.45, 7) is 6.96. The first kappa shape index (κ1) is 15.6. The average molecular weight is 308 g/mol. The first-order valence-electron chi connectivity index (χ1n) is 8.33. The summed E-state index contributed by atoms with van der Waals surface area (Å²) in [5.74, 6) is -0.0169. The summed E-state index contributed by atoms with van der Waals surface area (Å²) in [6, 6.07) is 14.3. The van der Waals surface area contributed by atoms with E-state index in [1.165, 1.54) is 24.1 Å². The van der Waals surface area contributed by atoms with Crippen molar-refractivity contribution >= 4 is 11.6 Å². The van der Waals surface area contributed by atoms with Crippen LogP contribution >= 0.6 is 0 Å². The molecule has 0 radical (unpaired) electrons. The van der Waals surface area contributed by atoms with Gasteiger partial charge in [-0.05, 0) is 67.6 Å². The topological polar surface area (TPSA) is 32.3 Å².